The zero-order chi connectivity index (χ0) is 29.7. The smallest absolute Gasteiger partial charge is 0.306 e. The lowest BCUT2D eigenvalue weighted by Gasteiger charge is -2.18. The first-order valence-corrected chi connectivity index (χ1v) is 14.6. The predicted molar refractivity (Wildman–Crippen MR) is 147 cm³/mol. The van der Waals surface area contributed by atoms with Crippen LogP contribution in [0, 0.1) is 0 Å². The van der Waals surface area contributed by atoms with E-state index in [4.69, 9.17) is 23.7 Å². The number of hydrogen-bond donors (Lipinski definition) is 0. The van der Waals surface area contributed by atoms with Crippen molar-refractivity contribution < 1.29 is 47.7 Å². The second-order valence-electron chi connectivity index (χ2n) is 8.96. The second kappa shape index (κ2) is 28.4. The van der Waals surface area contributed by atoms with Gasteiger partial charge in [0, 0.05) is 32.1 Å². The molecule has 0 radical (unpaired) electrons. The van der Waals surface area contributed by atoms with Gasteiger partial charge in [-0.1, -0.05) is 46.5 Å². The van der Waals surface area contributed by atoms with Crippen LogP contribution in [0.2, 0.25) is 0 Å². The highest BCUT2D eigenvalue weighted by Gasteiger charge is 2.18. The van der Waals surface area contributed by atoms with Gasteiger partial charge in [-0.15, -0.1) is 0 Å². The Balaban J connectivity index is 0. The molecule has 0 aliphatic carbocycles. The van der Waals surface area contributed by atoms with Gasteiger partial charge in [0.05, 0.1) is 13.2 Å². The van der Waals surface area contributed by atoms with Crippen LogP contribution in [0.15, 0.2) is 0 Å². The third-order valence-corrected chi connectivity index (χ3v) is 5.14. The Labute approximate surface area is 234 Å². The van der Waals surface area contributed by atoms with E-state index in [1.54, 1.807) is 0 Å². The van der Waals surface area contributed by atoms with Gasteiger partial charge in [0.25, 0.3) is 0 Å². The summed E-state index contributed by atoms with van der Waals surface area (Å²) in [6.45, 7) is 9.99. The van der Waals surface area contributed by atoms with E-state index in [9.17, 15) is 24.0 Å². The maximum absolute atomic E-state index is 11.5. The number of rotatable bonds is 22. The van der Waals surface area contributed by atoms with Gasteiger partial charge in [-0.25, -0.2) is 0 Å². The number of ether oxygens (including phenoxy) is 5. The quantitative estimate of drug-likeness (QED) is 0.0933. The van der Waals surface area contributed by atoms with Crippen molar-refractivity contribution in [3.63, 3.8) is 0 Å². The molecule has 0 aliphatic rings. The van der Waals surface area contributed by atoms with Crippen LogP contribution >= 0.6 is 0 Å². The van der Waals surface area contributed by atoms with Crippen molar-refractivity contribution in [2.24, 2.45) is 0 Å². The van der Waals surface area contributed by atoms with E-state index in [1.165, 1.54) is 0 Å². The molecular formula is C29H52O10. The summed E-state index contributed by atoms with van der Waals surface area (Å²) in [7, 11) is 0. The van der Waals surface area contributed by atoms with E-state index in [2.05, 4.69) is 0 Å². The first-order chi connectivity index (χ1) is 18.7. The van der Waals surface area contributed by atoms with E-state index in [0.717, 1.165) is 38.5 Å². The van der Waals surface area contributed by atoms with Crippen LogP contribution in [0.3, 0.4) is 0 Å². The highest BCUT2D eigenvalue weighted by atomic mass is 16.6. The Kier molecular flexibility index (Phi) is 28.0. The molecule has 0 bridgehead atoms. The molecule has 228 valence electrons. The van der Waals surface area contributed by atoms with Gasteiger partial charge >= 0.3 is 29.8 Å². The number of carbonyl (C=O) groups is 5. The van der Waals surface area contributed by atoms with E-state index in [1.807, 2.05) is 34.6 Å². The number of esters is 5. The van der Waals surface area contributed by atoms with Crippen LogP contribution in [-0.4, -0.2) is 62.4 Å². The van der Waals surface area contributed by atoms with Crippen molar-refractivity contribution >= 4 is 29.8 Å². The molecule has 0 heterocycles. The summed E-state index contributed by atoms with van der Waals surface area (Å²) in [5, 5.41) is 0. The van der Waals surface area contributed by atoms with Gasteiger partial charge in [0.1, 0.15) is 13.2 Å². The van der Waals surface area contributed by atoms with Gasteiger partial charge in [-0.3, -0.25) is 24.0 Å². The van der Waals surface area contributed by atoms with Gasteiger partial charge in [-0.05, 0) is 46.0 Å². The van der Waals surface area contributed by atoms with Crippen LogP contribution in [0.5, 0.6) is 0 Å². The van der Waals surface area contributed by atoms with E-state index in [-0.39, 0.29) is 49.5 Å². The van der Waals surface area contributed by atoms with E-state index in [0.29, 0.717) is 58.2 Å². The van der Waals surface area contributed by atoms with Crippen LogP contribution in [0.4, 0.5) is 0 Å². The van der Waals surface area contributed by atoms with Gasteiger partial charge in [0.2, 0.25) is 0 Å². The molecule has 10 nitrogen and oxygen atoms in total. The van der Waals surface area contributed by atoms with Gasteiger partial charge in [0.15, 0.2) is 6.10 Å². The Hall–Kier alpha value is -2.65. The van der Waals surface area contributed by atoms with Crippen molar-refractivity contribution in [3.05, 3.63) is 0 Å². The Morgan fingerprint density at radius 1 is 0.436 bits per heavy atom. The highest BCUT2D eigenvalue weighted by Crippen LogP contribution is 2.09. The fraction of sp³-hybridized carbons (Fsp3) is 0.828. The SMILES string of the molecule is CCCC(=O)OCC(COC(=O)CCC)OC(=O)CCC.CCOC(=O)CCCCCCCCC(=O)OCC. The minimum Gasteiger partial charge on any atom is -0.466 e. The third kappa shape index (κ3) is 28.2. The second-order valence-corrected chi connectivity index (χ2v) is 8.96. The highest BCUT2D eigenvalue weighted by molar-refractivity contribution is 5.71. The monoisotopic (exact) mass is 560 g/mol. The molecule has 0 amide bonds. The van der Waals surface area contributed by atoms with Gasteiger partial charge in [-0.2, -0.15) is 0 Å². The van der Waals surface area contributed by atoms with Crippen LogP contribution in [0.25, 0.3) is 0 Å². The number of carbonyl (C=O) groups excluding carboxylic acids is 5. The fourth-order valence-corrected chi connectivity index (χ4v) is 3.20. The molecular weight excluding hydrogens is 508 g/mol. The zero-order valence-corrected chi connectivity index (χ0v) is 24.9. The van der Waals surface area contributed by atoms with E-state index >= 15 is 0 Å². The largest absolute Gasteiger partial charge is 0.466 e. The van der Waals surface area contributed by atoms with Crippen LogP contribution in [-0.2, 0) is 47.7 Å². The molecule has 0 aromatic carbocycles. The molecule has 0 N–H and O–H groups in total. The van der Waals surface area contributed by atoms with Crippen LogP contribution < -0.4 is 0 Å². The maximum Gasteiger partial charge on any atom is 0.306 e. The zero-order valence-electron chi connectivity index (χ0n) is 24.9. The predicted octanol–water partition coefficient (Wildman–Crippen LogP) is 5.62. The molecule has 0 spiro atoms. The third-order valence-electron chi connectivity index (χ3n) is 5.14. The van der Waals surface area contributed by atoms with Crippen molar-refractivity contribution in [1.29, 1.82) is 0 Å². The van der Waals surface area contributed by atoms with E-state index < -0.39 is 6.10 Å². The number of hydrogen-bond acceptors (Lipinski definition) is 10. The standard InChI is InChI=1S/C15H26O6.C14H26O4/c1-4-7-13(16)19-10-12(21-15(18)9-6-3)11-20-14(17)8-5-2;1-3-17-13(15)11-9-7-5-6-8-10-12-14(16)18-4-2/h12H,4-11H2,1-3H3;3-12H2,1-2H3. The summed E-state index contributed by atoms with van der Waals surface area (Å²) in [6.07, 6.45) is 9.37. The maximum atomic E-state index is 11.5. The minimum atomic E-state index is -0.745. The van der Waals surface area contributed by atoms with Crippen molar-refractivity contribution in [2.45, 2.75) is 131 Å². The molecule has 0 saturated heterocycles. The minimum absolute atomic E-state index is 0.0896. The molecule has 10 heteroatoms. The lowest BCUT2D eigenvalue weighted by molar-refractivity contribution is -0.166. The summed E-state index contributed by atoms with van der Waals surface area (Å²) >= 11 is 0. The normalized spacial score (nSPS) is 10.2. The molecule has 0 rings (SSSR count). The summed E-state index contributed by atoms with van der Waals surface area (Å²) < 4.78 is 24.9. The Bertz CT molecular complexity index is 616. The Morgan fingerprint density at radius 3 is 1.13 bits per heavy atom. The average Bonchev–Trinajstić information content (AvgIpc) is 2.88. The van der Waals surface area contributed by atoms with Gasteiger partial charge < -0.3 is 23.7 Å². The lowest BCUT2D eigenvalue weighted by atomic mass is 10.1. The summed E-state index contributed by atoms with van der Waals surface area (Å²) in [4.78, 5) is 56.2. The summed E-state index contributed by atoms with van der Waals surface area (Å²) in [6, 6.07) is 0. The first-order valence-electron chi connectivity index (χ1n) is 14.6. The van der Waals surface area contributed by atoms with Crippen molar-refractivity contribution in [1.82, 2.24) is 0 Å². The average molecular weight is 561 g/mol. The van der Waals surface area contributed by atoms with Crippen molar-refractivity contribution in [3.8, 4) is 0 Å². The molecule has 0 unspecified atom stereocenters. The molecule has 0 atom stereocenters. The summed E-state index contributed by atoms with van der Waals surface area (Å²) in [5.41, 5.74) is 0. The summed E-state index contributed by atoms with van der Waals surface area (Å²) in [5.74, 6) is -1.29. The molecule has 0 aliphatic heterocycles. The van der Waals surface area contributed by atoms with Crippen molar-refractivity contribution in [2.75, 3.05) is 26.4 Å². The topological polar surface area (TPSA) is 132 Å². The first kappa shape index (κ1) is 38.5. The molecule has 0 fully saturated rings. The van der Waals surface area contributed by atoms with Crippen LogP contribution in [0.1, 0.15) is 125 Å². The lowest BCUT2D eigenvalue weighted by Crippen LogP contribution is -2.30. The Morgan fingerprint density at radius 2 is 0.769 bits per heavy atom. The number of unbranched alkanes of at least 4 members (excludes halogenated alkanes) is 5. The molecule has 0 saturated carbocycles. The molecule has 0 aromatic heterocycles. The molecule has 39 heavy (non-hydrogen) atoms. The molecule has 0 aromatic rings. The fourth-order valence-electron chi connectivity index (χ4n) is 3.20.